The number of carbonyl (C=O) groups is 5. The molecule has 5 amide bonds. The molecule has 4 aromatic rings. The van der Waals surface area contributed by atoms with Crippen LogP contribution in [0, 0.1) is 12.3 Å². The van der Waals surface area contributed by atoms with Crippen molar-refractivity contribution in [3.8, 4) is 10.4 Å². The molecule has 0 spiro atoms. The van der Waals surface area contributed by atoms with Crippen molar-refractivity contribution >= 4 is 64.1 Å². The summed E-state index contributed by atoms with van der Waals surface area (Å²) in [6.45, 7) is 17.1. The smallest absolute Gasteiger partial charge is 0.248 e. The molecule has 404 valence electrons. The Balaban J connectivity index is 0.744. The number of likely N-dealkylation sites (tertiary alicyclic amines) is 1. The first kappa shape index (κ1) is 57.0. The Kier molecular flexibility index (Phi) is 20.0. The highest BCUT2D eigenvalue weighted by Gasteiger charge is 2.44. The fourth-order valence-electron chi connectivity index (χ4n) is 9.73. The van der Waals surface area contributed by atoms with Crippen molar-refractivity contribution in [3.63, 3.8) is 0 Å². The van der Waals surface area contributed by atoms with Crippen molar-refractivity contribution in [1.29, 1.82) is 0 Å². The number of piperidine rings is 1. The Morgan fingerprint density at radius 1 is 0.893 bits per heavy atom. The van der Waals surface area contributed by atoms with Crippen molar-refractivity contribution in [2.45, 2.75) is 145 Å². The van der Waals surface area contributed by atoms with Gasteiger partial charge in [-0.3, -0.25) is 28.9 Å². The predicted octanol–water partition coefficient (Wildman–Crippen LogP) is 7.12. The van der Waals surface area contributed by atoms with Gasteiger partial charge in [-0.2, -0.15) is 0 Å². The van der Waals surface area contributed by atoms with Gasteiger partial charge in [-0.25, -0.2) is 15.0 Å². The van der Waals surface area contributed by atoms with Crippen LogP contribution in [0.5, 0.6) is 0 Å². The molecule has 19 heteroatoms. The lowest BCUT2D eigenvalue weighted by Crippen LogP contribution is -2.57. The highest BCUT2D eigenvalue weighted by molar-refractivity contribution is 7.99. The Morgan fingerprint density at radius 2 is 1.60 bits per heavy atom. The summed E-state index contributed by atoms with van der Waals surface area (Å²) < 4.78 is 0. The number of nitrogens with zero attached hydrogens (tertiary/aromatic N) is 7. The number of rotatable bonds is 21. The number of hydrogen-bond acceptors (Lipinski definition) is 14. The summed E-state index contributed by atoms with van der Waals surface area (Å²) in [7, 11) is 0. The number of carbonyl (C=O) groups excluding carboxylic acids is 5. The maximum absolute atomic E-state index is 14.1. The molecular weight excluding hydrogens is 987 g/mol. The van der Waals surface area contributed by atoms with Crippen LogP contribution in [0.4, 0.5) is 11.5 Å². The number of aliphatic hydroxyl groups excluding tert-OH is 1. The van der Waals surface area contributed by atoms with Crippen LogP contribution in [0.25, 0.3) is 10.4 Å². The Hall–Kier alpha value is -5.73. The van der Waals surface area contributed by atoms with Crippen LogP contribution >= 0.6 is 23.1 Å². The number of aromatic nitrogens is 3. The monoisotopic (exact) mass is 1060 g/mol. The Morgan fingerprint density at radius 3 is 2.27 bits per heavy atom. The number of aryl methyl sites for hydroxylation is 1. The van der Waals surface area contributed by atoms with Gasteiger partial charge in [0, 0.05) is 86.9 Å². The molecule has 7 rings (SSSR count). The molecule has 0 radical (unpaired) electrons. The molecule has 0 saturated carbocycles. The summed E-state index contributed by atoms with van der Waals surface area (Å²) in [5, 5.41) is 20.3. The van der Waals surface area contributed by atoms with E-state index in [1.54, 1.807) is 28.6 Å². The van der Waals surface area contributed by atoms with Crippen LogP contribution in [0.3, 0.4) is 0 Å². The van der Waals surface area contributed by atoms with E-state index in [0.29, 0.717) is 31.6 Å². The summed E-state index contributed by atoms with van der Waals surface area (Å²) in [6.07, 6.45) is 13.3. The van der Waals surface area contributed by atoms with Gasteiger partial charge in [0.25, 0.3) is 0 Å². The van der Waals surface area contributed by atoms with Gasteiger partial charge in [-0.1, -0.05) is 88.5 Å². The van der Waals surface area contributed by atoms with E-state index < -0.39 is 23.6 Å². The topological polar surface area (TPSA) is 219 Å². The van der Waals surface area contributed by atoms with Crippen LogP contribution in [0.15, 0.2) is 88.5 Å². The summed E-state index contributed by atoms with van der Waals surface area (Å²) in [5.41, 5.74) is 10.9. The number of piperazine rings is 1. The van der Waals surface area contributed by atoms with Gasteiger partial charge in [0.1, 0.15) is 22.9 Å². The molecule has 3 saturated heterocycles. The van der Waals surface area contributed by atoms with E-state index in [1.165, 1.54) is 28.8 Å². The van der Waals surface area contributed by atoms with Crippen molar-refractivity contribution in [1.82, 2.24) is 40.3 Å². The molecule has 2 aromatic carbocycles. The minimum absolute atomic E-state index is 0.0215. The molecule has 75 heavy (non-hydrogen) atoms. The lowest BCUT2D eigenvalue weighted by atomic mass is 9.85. The van der Waals surface area contributed by atoms with Gasteiger partial charge in [0.15, 0.2) is 0 Å². The molecule has 17 nitrogen and oxygen atoms in total. The fourth-order valence-corrected chi connectivity index (χ4v) is 11.3. The van der Waals surface area contributed by atoms with Crippen molar-refractivity contribution in [3.05, 3.63) is 89.8 Å². The second-order valence-corrected chi connectivity index (χ2v) is 23.7. The van der Waals surface area contributed by atoms with E-state index in [2.05, 4.69) is 47.6 Å². The van der Waals surface area contributed by atoms with E-state index in [0.717, 1.165) is 115 Å². The number of anilines is 2. The van der Waals surface area contributed by atoms with Gasteiger partial charge in [0.2, 0.25) is 29.5 Å². The maximum Gasteiger partial charge on any atom is 0.248 e. The predicted molar refractivity (Wildman–Crippen MR) is 296 cm³/mol. The van der Waals surface area contributed by atoms with Gasteiger partial charge >= 0.3 is 0 Å². The first-order valence-electron chi connectivity index (χ1n) is 26.5. The lowest BCUT2D eigenvalue weighted by Gasteiger charge is -2.37. The summed E-state index contributed by atoms with van der Waals surface area (Å²) in [6, 6.07) is 13.4. The molecular formula is C56H77N11O6S2. The fraction of sp³-hybridized carbons (Fsp3) is 0.536. The SMILES string of the molecule is Cc1ncsc1-c1ccc([C@H](C)NC(=O)[C@@H]2C[C@@H](O)CN2C(=O)[C@@H](NC(=O)CCCCCCCCN2CCN(C(=O)/C=C/C(=O)Nc3cccc(Sc4cnc(N5CCC(C)(N)CC5)cn4)c3)CC2)C(C)(C)C)cc1. The molecule has 3 aliphatic heterocycles. The van der Waals surface area contributed by atoms with Crippen LogP contribution in [-0.4, -0.2) is 140 Å². The highest BCUT2D eigenvalue weighted by atomic mass is 32.2. The lowest BCUT2D eigenvalue weighted by molar-refractivity contribution is -0.144. The van der Waals surface area contributed by atoms with E-state index in [4.69, 9.17) is 5.73 Å². The number of benzene rings is 2. The standard InChI is InChI=1S/C56H77N11O6S2/c1-38(40-17-19-41(20-18-40)51-39(2)60-37-74-51)61-53(72)45-33-43(68)36-67(45)54(73)52(55(3,4)5)63-47(69)16-11-9-7-8-10-12-25-64-28-30-66(31-29-64)50(71)22-21-48(70)62-42-14-13-15-44(32-42)75-49-35-58-46(34-59-49)65-26-23-56(6,57)24-27-65/h13-15,17-22,32,34-35,37-38,43,45,52,68H,7-12,16,23-31,33,36,57H2,1-6H3,(H,61,72)(H,62,70)(H,63,69)/b22-21+/t38-,43+,45-,52+/m0/s1. The molecule has 0 aliphatic carbocycles. The average molecular weight is 1060 g/mol. The van der Waals surface area contributed by atoms with Crippen molar-refractivity contribution in [2.24, 2.45) is 11.1 Å². The third-order valence-corrected chi connectivity index (χ3v) is 16.3. The third kappa shape index (κ3) is 16.6. The average Bonchev–Trinajstić information content (AvgIpc) is 4.01. The number of nitrogens with two attached hydrogens (primary N) is 1. The molecule has 4 atom stereocenters. The zero-order valence-corrected chi connectivity index (χ0v) is 46.2. The van der Waals surface area contributed by atoms with Crippen molar-refractivity contribution < 1.29 is 29.1 Å². The molecule has 6 N–H and O–H groups in total. The van der Waals surface area contributed by atoms with Gasteiger partial charge in [-0.15, -0.1) is 11.3 Å². The summed E-state index contributed by atoms with van der Waals surface area (Å²) in [5.74, 6) is -0.627. The van der Waals surface area contributed by atoms with E-state index in [9.17, 15) is 29.1 Å². The summed E-state index contributed by atoms with van der Waals surface area (Å²) >= 11 is 3.04. The van der Waals surface area contributed by atoms with Gasteiger partial charge in [-0.05, 0) is 87.7 Å². The van der Waals surface area contributed by atoms with Crippen LogP contribution in [0.1, 0.15) is 116 Å². The van der Waals surface area contributed by atoms with Gasteiger partial charge in [0.05, 0.1) is 40.6 Å². The zero-order valence-electron chi connectivity index (χ0n) is 44.6. The highest BCUT2D eigenvalue weighted by Crippen LogP contribution is 2.32. The molecule has 5 heterocycles. The first-order chi connectivity index (χ1) is 35.8. The number of aliphatic hydroxyl groups is 1. The molecule has 3 aliphatic rings. The number of thiazole rings is 1. The van der Waals surface area contributed by atoms with Crippen LogP contribution in [-0.2, 0) is 24.0 Å². The molecule has 3 fully saturated rings. The number of β-amino-alcohol motifs (C(OH)–C–C–N with tert-alkyl or cyclic N) is 1. The summed E-state index contributed by atoms with van der Waals surface area (Å²) in [4.78, 5) is 90.2. The van der Waals surface area contributed by atoms with E-state index in [1.807, 2.05) is 88.7 Å². The zero-order chi connectivity index (χ0) is 53.7. The minimum Gasteiger partial charge on any atom is -0.391 e. The first-order valence-corrected chi connectivity index (χ1v) is 28.2. The van der Waals surface area contributed by atoms with Crippen LogP contribution in [0.2, 0.25) is 0 Å². The second kappa shape index (κ2) is 26.4. The second-order valence-electron chi connectivity index (χ2n) is 21.7. The van der Waals surface area contributed by atoms with E-state index in [-0.39, 0.29) is 54.1 Å². The van der Waals surface area contributed by atoms with Crippen LogP contribution < -0.4 is 26.6 Å². The number of amides is 5. The third-order valence-electron chi connectivity index (χ3n) is 14.4. The minimum atomic E-state index is -0.865. The number of nitrogens with one attached hydrogen (secondary N) is 3. The Labute approximate surface area is 450 Å². The maximum atomic E-state index is 14.1. The van der Waals surface area contributed by atoms with Crippen molar-refractivity contribution in [2.75, 3.05) is 62.6 Å². The van der Waals surface area contributed by atoms with Gasteiger partial charge < -0.3 is 41.5 Å². The molecule has 0 bridgehead atoms. The molecule has 0 unspecified atom stereocenters. The normalized spacial score (nSPS) is 19.0. The Bertz CT molecular complexity index is 2580. The quantitative estimate of drug-likeness (QED) is 0.0415. The van der Waals surface area contributed by atoms with E-state index >= 15 is 0 Å². The largest absolute Gasteiger partial charge is 0.391 e. The molecule has 2 aromatic heterocycles. The number of unbranched alkanes of at least 4 members (excludes halogenated alkanes) is 5. The number of hydrogen-bond donors (Lipinski definition) is 5.